The van der Waals surface area contributed by atoms with E-state index in [-0.39, 0.29) is 47.4 Å². The van der Waals surface area contributed by atoms with Crippen LogP contribution in [0.4, 0.5) is 10.1 Å². The second-order valence-corrected chi connectivity index (χ2v) is 19.0. The molecule has 0 spiro atoms. The van der Waals surface area contributed by atoms with Crippen molar-refractivity contribution in [3.8, 4) is 5.75 Å². The van der Waals surface area contributed by atoms with Gasteiger partial charge in [0.1, 0.15) is 28.8 Å². The van der Waals surface area contributed by atoms with E-state index in [1.54, 1.807) is 25.1 Å². The molecule has 6 aliphatic rings. The fraction of sp³-hybridized carbons (Fsp3) is 0.583. The van der Waals surface area contributed by atoms with E-state index in [0.717, 1.165) is 95.4 Å². The average molecular weight is 895 g/mol. The smallest absolute Gasteiger partial charge is 0.264 e. The van der Waals surface area contributed by atoms with Crippen molar-refractivity contribution in [3.05, 3.63) is 63.5 Å². The van der Waals surface area contributed by atoms with Gasteiger partial charge in [-0.3, -0.25) is 43.8 Å². The van der Waals surface area contributed by atoms with E-state index >= 15 is 4.39 Å². The minimum Gasteiger partial charge on any atom is -0.493 e. The second kappa shape index (κ2) is 19.0. The predicted molar refractivity (Wildman–Crippen MR) is 238 cm³/mol. The number of benzene rings is 2. The third-order valence-electron chi connectivity index (χ3n) is 14.9. The molecule has 0 radical (unpaired) electrons. The molecule has 2 N–H and O–H groups in total. The van der Waals surface area contributed by atoms with Crippen molar-refractivity contribution in [2.75, 3.05) is 70.4 Å². The molecular weight excluding hydrogens is 836 g/mol. The number of fused-ring (bicyclic) bond motifs is 2. The topological polar surface area (TPSA) is 186 Å². The third kappa shape index (κ3) is 9.52. The van der Waals surface area contributed by atoms with Gasteiger partial charge in [0.25, 0.3) is 17.4 Å². The Morgan fingerprint density at radius 2 is 1.49 bits per heavy atom. The van der Waals surface area contributed by atoms with Crippen LogP contribution in [0, 0.1) is 29.5 Å². The second-order valence-electron chi connectivity index (χ2n) is 19.0. The molecule has 17 heteroatoms. The number of hydrogen-bond donors (Lipinski definition) is 2. The first-order chi connectivity index (χ1) is 31.4. The molecule has 0 bridgehead atoms. The normalized spacial score (nSPS) is 22.2. The molecule has 6 amide bonds. The first-order valence-corrected chi connectivity index (χ1v) is 23.6. The number of hydrogen-bond acceptors (Lipinski definition) is 11. The molecule has 5 fully saturated rings. The van der Waals surface area contributed by atoms with E-state index < -0.39 is 41.0 Å². The van der Waals surface area contributed by atoms with Gasteiger partial charge in [0.05, 0.1) is 28.9 Å². The number of likely N-dealkylation sites (tertiary alicyclic amines) is 3. The Bertz CT molecular complexity index is 2410. The van der Waals surface area contributed by atoms with E-state index in [4.69, 9.17) is 4.74 Å². The third-order valence-corrected chi connectivity index (χ3v) is 14.9. The van der Waals surface area contributed by atoms with Gasteiger partial charge in [-0.25, -0.2) is 9.37 Å². The molecule has 346 valence electrons. The number of nitrogens with zero attached hydrogens (tertiary/aromatic N) is 6. The molecular formula is C48H59FN8O8. The van der Waals surface area contributed by atoms with Crippen molar-refractivity contribution in [2.45, 2.75) is 90.0 Å². The first-order valence-electron chi connectivity index (χ1n) is 23.6. The number of aryl methyl sites for hydroxylation is 1. The Balaban J connectivity index is 0.698. The number of anilines is 1. The summed E-state index contributed by atoms with van der Waals surface area (Å²) in [5, 5.41) is 2.18. The molecule has 5 saturated heterocycles. The van der Waals surface area contributed by atoms with E-state index in [2.05, 4.69) is 25.1 Å². The van der Waals surface area contributed by atoms with Gasteiger partial charge >= 0.3 is 0 Å². The molecule has 6 aliphatic heterocycles. The minimum absolute atomic E-state index is 0.0192. The number of H-pyrrole nitrogens is 1. The van der Waals surface area contributed by atoms with Crippen LogP contribution in [0.2, 0.25) is 0 Å². The summed E-state index contributed by atoms with van der Waals surface area (Å²) < 4.78 is 21.1. The van der Waals surface area contributed by atoms with Crippen molar-refractivity contribution in [1.29, 1.82) is 0 Å². The highest BCUT2D eigenvalue weighted by Crippen LogP contribution is 2.36. The minimum atomic E-state index is -0.995. The number of nitrogens with one attached hydrogen (secondary N) is 2. The predicted octanol–water partition coefficient (Wildman–Crippen LogP) is 3.90. The van der Waals surface area contributed by atoms with Crippen LogP contribution in [-0.4, -0.2) is 137 Å². The van der Waals surface area contributed by atoms with E-state index in [1.165, 1.54) is 6.07 Å². The zero-order valence-electron chi connectivity index (χ0n) is 37.2. The van der Waals surface area contributed by atoms with Crippen LogP contribution >= 0.6 is 0 Å². The molecule has 1 atom stereocenters. The van der Waals surface area contributed by atoms with Gasteiger partial charge < -0.3 is 29.3 Å². The lowest BCUT2D eigenvalue weighted by Gasteiger charge is -2.40. The van der Waals surface area contributed by atoms with Gasteiger partial charge in [-0.15, -0.1) is 0 Å². The van der Waals surface area contributed by atoms with Crippen LogP contribution in [0.15, 0.2) is 35.1 Å². The summed E-state index contributed by atoms with van der Waals surface area (Å²) in [6, 6.07) is 7.17. The lowest BCUT2D eigenvalue weighted by Crippen LogP contribution is -2.54. The van der Waals surface area contributed by atoms with Crippen molar-refractivity contribution < 1.29 is 37.9 Å². The Kier molecular flexibility index (Phi) is 13.0. The van der Waals surface area contributed by atoms with Crippen molar-refractivity contribution >= 4 is 52.0 Å². The molecule has 0 aliphatic carbocycles. The number of ether oxygens (including phenoxy) is 1. The highest BCUT2D eigenvalue weighted by atomic mass is 19.1. The molecule has 1 aromatic heterocycles. The van der Waals surface area contributed by atoms with Gasteiger partial charge in [-0.05, 0) is 107 Å². The summed E-state index contributed by atoms with van der Waals surface area (Å²) in [7, 11) is 0. The summed E-state index contributed by atoms with van der Waals surface area (Å²) in [6.07, 6.45) is 8.50. The Labute approximate surface area is 377 Å². The number of halogens is 1. The number of aromatic nitrogens is 2. The molecule has 2 aromatic carbocycles. The average Bonchev–Trinajstić information content (AvgIpc) is 3.56. The maximum Gasteiger partial charge on any atom is 0.264 e. The van der Waals surface area contributed by atoms with Crippen molar-refractivity contribution in [1.82, 2.24) is 34.9 Å². The van der Waals surface area contributed by atoms with Crippen LogP contribution < -0.4 is 20.5 Å². The lowest BCUT2D eigenvalue weighted by atomic mass is 9.89. The quantitative estimate of drug-likeness (QED) is 0.266. The van der Waals surface area contributed by atoms with Gasteiger partial charge in [0, 0.05) is 83.6 Å². The lowest BCUT2D eigenvalue weighted by molar-refractivity contribution is -0.139. The summed E-state index contributed by atoms with van der Waals surface area (Å²) in [4.78, 5) is 107. The number of rotatable bonds is 11. The maximum atomic E-state index is 15.1. The van der Waals surface area contributed by atoms with Crippen LogP contribution in [-0.2, 0) is 25.6 Å². The van der Waals surface area contributed by atoms with Crippen LogP contribution in [0.3, 0.4) is 0 Å². The molecule has 0 saturated carbocycles. The van der Waals surface area contributed by atoms with E-state index in [1.807, 2.05) is 15.9 Å². The first kappa shape index (κ1) is 44.5. The number of carbonyl (C=O) groups excluding carboxylic acids is 6. The Morgan fingerprint density at radius 3 is 2.20 bits per heavy atom. The molecule has 3 aromatic rings. The fourth-order valence-corrected chi connectivity index (χ4v) is 11.0. The molecule has 9 rings (SSSR count). The van der Waals surface area contributed by atoms with Crippen molar-refractivity contribution in [2.24, 2.45) is 23.7 Å². The zero-order valence-corrected chi connectivity index (χ0v) is 37.2. The van der Waals surface area contributed by atoms with E-state index in [0.29, 0.717) is 79.4 Å². The highest BCUT2D eigenvalue weighted by molar-refractivity contribution is 6.25. The maximum absolute atomic E-state index is 15.1. The van der Waals surface area contributed by atoms with E-state index in [9.17, 15) is 33.6 Å². The Morgan fingerprint density at radius 1 is 0.800 bits per heavy atom. The largest absolute Gasteiger partial charge is 0.493 e. The molecule has 7 heterocycles. The summed E-state index contributed by atoms with van der Waals surface area (Å²) in [5.74, 6) is -0.352. The van der Waals surface area contributed by atoms with Crippen LogP contribution in [0.25, 0.3) is 10.9 Å². The number of amides is 6. The SMILES string of the molecule is CC(=O)N1CCC(COc2cc(F)c3c(=O)[nH]c(CCC4CCN(C(=O)C5CCN(CC6CCN(c7cccc8c7C(=O)N(C7CCC(=O)NC7=O)C8=O)CC6)CC5)CC4)nc3c2)CC1. The number of carbonyl (C=O) groups is 6. The van der Waals surface area contributed by atoms with Crippen LogP contribution in [0.1, 0.15) is 104 Å². The molecule has 65 heavy (non-hydrogen) atoms. The summed E-state index contributed by atoms with van der Waals surface area (Å²) >= 11 is 0. The number of piperidine rings is 5. The number of imide groups is 2. The fourth-order valence-electron chi connectivity index (χ4n) is 11.0. The van der Waals surface area contributed by atoms with Gasteiger partial charge in [-0.2, -0.15) is 0 Å². The Hall–Kier alpha value is -5.71. The monoisotopic (exact) mass is 894 g/mol. The van der Waals surface area contributed by atoms with Crippen LogP contribution in [0.5, 0.6) is 5.75 Å². The summed E-state index contributed by atoms with van der Waals surface area (Å²) in [5.41, 5.74) is 1.11. The molecule has 1 unspecified atom stereocenters. The highest BCUT2D eigenvalue weighted by Gasteiger charge is 2.46. The number of aromatic amines is 1. The van der Waals surface area contributed by atoms with Gasteiger partial charge in [0.2, 0.25) is 23.6 Å². The zero-order chi connectivity index (χ0) is 45.4. The summed E-state index contributed by atoms with van der Waals surface area (Å²) in [6.45, 7) is 8.97. The standard InChI is InChI=1S/C48H59FN8O8/c1-29(58)54-19-13-32(14-20-54)28-65-34-25-36(49)43-37(26-34)50-40(51-45(43)61)7-5-30-9-23-56(24-10-30)46(62)33-15-17-53(18-16-33)27-31-11-21-55(22-12-31)38-4-2-3-35-42(38)48(64)57(47(35)63)39-6-8-41(59)52-44(39)60/h2-4,25-26,30-33,39H,5-24,27-28H2,1H3,(H,50,51,61)(H,52,59,60). The van der Waals surface area contributed by atoms with Gasteiger partial charge in [-0.1, -0.05) is 6.07 Å². The molecule has 16 nitrogen and oxygen atoms in total. The van der Waals surface area contributed by atoms with Crippen molar-refractivity contribution in [3.63, 3.8) is 0 Å². The van der Waals surface area contributed by atoms with Gasteiger partial charge in [0.15, 0.2) is 0 Å².